The molecule has 0 aliphatic carbocycles. The highest BCUT2D eigenvalue weighted by molar-refractivity contribution is 7.15. The van der Waals surface area contributed by atoms with Gasteiger partial charge in [-0.15, -0.1) is 24.5 Å². The predicted octanol–water partition coefficient (Wildman–Crippen LogP) is 6.74. The summed E-state index contributed by atoms with van der Waals surface area (Å²) in [6.07, 6.45) is 0.0295. The van der Waals surface area contributed by atoms with Crippen LogP contribution in [0.2, 0.25) is 0 Å². The summed E-state index contributed by atoms with van der Waals surface area (Å²) in [5, 5.41) is 0. The van der Waals surface area contributed by atoms with Crippen LogP contribution in [0, 0.1) is 6.92 Å². The zero-order valence-corrected chi connectivity index (χ0v) is 14.2. The molecule has 1 aromatic heterocycles. The lowest BCUT2D eigenvalue weighted by Gasteiger charge is -2.14. The highest BCUT2D eigenvalue weighted by atomic mass is 32.1. The van der Waals surface area contributed by atoms with Gasteiger partial charge in [-0.1, -0.05) is 26.2 Å². The van der Waals surface area contributed by atoms with Crippen molar-refractivity contribution >= 4 is 11.3 Å². The van der Waals surface area contributed by atoms with Crippen molar-refractivity contribution in [2.75, 3.05) is 0 Å². The van der Waals surface area contributed by atoms with Gasteiger partial charge in [0.05, 0.1) is 0 Å². The van der Waals surface area contributed by atoms with Crippen LogP contribution in [0.25, 0.3) is 10.4 Å². The zero-order valence-electron chi connectivity index (χ0n) is 13.4. The molecule has 0 aliphatic rings. The Hall–Kier alpha value is -1.49. The molecular weight excluding hydrogens is 321 g/mol. The molecule has 0 fully saturated rings. The molecule has 0 unspecified atom stereocenters. The molecule has 1 aromatic carbocycles. The van der Waals surface area contributed by atoms with Crippen LogP contribution in [0.1, 0.15) is 43.0 Å². The van der Waals surface area contributed by atoms with Crippen LogP contribution < -0.4 is 4.74 Å². The van der Waals surface area contributed by atoms with E-state index in [4.69, 9.17) is 0 Å². The number of hydrogen-bond donors (Lipinski definition) is 0. The molecule has 23 heavy (non-hydrogen) atoms. The van der Waals surface area contributed by atoms with Crippen molar-refractivity contribution in [3.05, 3.63) is 40.8 Å². The molecule has 126 valence electrons. The maximum absolute atomic E-state index is 12.6. The van der Waals surface area contributed by atoms with E-state index in [-0.39, 0.29) is 5.75 Å². The largest absolute Gasteiger partial charge is 0.573 e. The quantitative estimate of drug-likeness (QED) is 0.506. The van der Waals surface area contributed by atoms with Gasteiger partial charge in [0, 0.05) is 9.75 Å². The second-order valence-electron chi connectivity index (χ2n) is 5.59. The average molecular weight is 342 g/mol. The van der Waals surface area contributed by atoms with Gasteiger partial charge in [0.2, 0.25) is 0 Å². The van der Waals surface area contributed by atoms with E-state index in [2.05, 4.69) is 11.7 Å². The number of ether oxygens (including phenoxy) is 1. The number of unbranched alkanes of at least 4 members (excludes halogenated alkanes) is 3. The van der Waals surface area contributed by atoms with E-state index in [0.29, 0.717) is 12.0 Å². The third kappa shape index (κ3) is 5.57. The first-order valence-corrected chi connectivity index (χ1v) is 8.66. The van der Waals surface area contributed by atoms with Crippen LogP contribution in [-0.2, 0) is 6.42 Å². The van der Waals surface area contributed by atoms with Gasteiger partial charge in [-0.05, 0) is 61.2 Å². The summed E-state index contributed by atoms with van der Waals surface area (Å²) < 4.78 is 41.9. The molecule has 5 heteroatoms. The monoisotopic (exact) mass is 342 g/mol. The maximum atomic E-state index is 12.6. The number of thiophene rings is 1. The van der Waals surface area contributed by atoms with Gasteiger partial charge in [0.15, 0.2) is 0 Å². The van der Waals surface area contributed by atoms with E-state index in [1.165, 1.54) is 10.9 Å². The Bertz CT molecular complexity index is 631. The molecule has 0 aliphatic heterocycles. The van der Waals surface area contributed by atoms with E-state index >= 15 is 0 Å². The fourth-order valence-electron chi connectivity index (χ4n) is 2.48. The van der Waals surface area contributed by atoms with Crippen LogP contribution in [0.15, 0.2) is 30.3 Å². The zero-order chi connectivity index (χ0) is 16.9. The number of hydrogen-bond acceptors (Lipinski definition) is 2. The van der Waals surface area contributed by atoms with Crippen LogP contribution in [-0.4, -0.2) is 6.36 Å². The summed E-state index contributed by atoms with van der Waals surface area (Å²) in [5.41, 5.74) is 1.57. The molecule has 2 aromatic rings. The Balaban J connectivity index is 2.23. The molecule has 0 atom stereocenters. The molecule has 1 heterocycles. The lowest BCUT2D eigenvalue weighted by molar-refractivity contribution is -0.274. The van der Waals surface area contributed by atoms with Crippen LogP contribution in [0.5, 0.6) is 5.75 Å². The Labute approximate surface area is 139 Å². The van der Waals surface area contributed by atoms with Gasteiger partial charge in [-0.25, -0.2) is 0 Å². The average Bonchev–Trinajstić information content (AvgIpc) is 2.90. The molecule has 0 saturated heterocycles. The Morgan fingerprint density at radius 1 is 1.04 bits per heavy atom. The molecule has 0 N–H and O–H groups in total. The van der Waals surface area contributed by atoms with Crippen molar-refractivity contribution in [3.8, 4) is 16.2 Å². The summed E-state index contributed by atoms with van der Waals surface area (Å²) in [4.78, 5) is 2.25. The minimum Gasteiger partial charge on any atom is -0.406 e. The molecule has 0 radical (unpaired) electrons. The van der Waals surface area contributed by atoms with Crippen molar-refractivity contribution in [1.29, 1.82) is 0 Å². The second-order valence-corrected chi connectivity index (χ2v) is 6.88. The third-order valence-electron chi connectivity index (χ3n) is 3.61. The molecule has 0 saturated carbocycles. The lowest BCUT2D eigenvalue weighted by atomic mass is 10.0. The minimum atomic E-state index is -4.65. The second kappa shape index (κ2) is 7.86. The first-order valence-electron chi connectivity index (χ1n) is 7.84. The first-order chi connectivity index (χ1) is 10.9. The van der Waals surface area contributed by atoms with Gasteiger partial charge in [0.1, 0.15) is 5.75 Å². The maximum Gasteiger partial charge on any atom is 0.573 e. The van der Waals surface area contributed by atoms with E-state index in [1.54, 1.807) is 17.4 Å². The third-order valence-corrected chi connectivity index (χ3v) is 4.66. The molecule has 1 nitrogen and oxygen atoms in total. The van der Waals surface area contributed by atoms with E-state index in [1.807, 2.05) is 25.1 Å². The van der Waals surface area contributed by atoms with Crippen molar-refractivity contribution in [3.63, 3.8) is 0 Å². The lowest BCUT2D eigenvalue weighted by Crippen LogP contribution is -2.18. The van der Waals surface area contributed by atoms with Crippen LogP contribution in [0.4, 0.5) is 13.2 Å². The highest BCUT2D eigenvalue weighted by Gasteiger charge is 2.32. The van der Waals surface area contributed by atoms with Gasteiger partial charge in [-0.2, -0.15) is 0 Å². The number of halogens is 3. The summed E-state index contributed by atoms with van der Waals surface area (Å²) >= 11 is 1.64. The van der Waals surface area contributed by atoms with E-state index < -0.39 is 6.36 Å². The molecule has 0 amide bonds. The van der Waals surface area contributed by atoms with Gasteiger partial charge in [0.25, 0.3) is 0 Å². The summed E-state index contributed by atoms with van der Waals surface area (Å²) in [6, 6.07) is 8.98. The Morgan fingerprint density at radius 3 is 2.43 bits per heavy atom. The van der Waals surface area contributed by atoms with Crippen molar-refractivity contribution in [1.82, 2.24) is 0 Å². The van der Waals surface area contributed by atoms with Gasteiger partial charge < -0.3 is 4.74 Å². The highest BCUT2D eigenvalue weighted by Crippen LogP contribution is 2.34. The topological polar surface area (TPSA) is 9.23 Å². The number of aryl methyl sites for hydroxylation is 2. The Morgan fingerprint density at radius 2 is 1.83 bits per heavy atom. The number of rotatable bonds is 7. The van der Waals surface area contributed by atoms with Crippen molar-refractivity contribution in [2.24, 2.45) is 0 Å². The molecule has 0 spiro atoms. The van der Waals surface area contributed by atoms with Gasteiger partial charge >= 0.3 is 6.36 Å². The summed E-state index contributed by atoms with van der Waals surface area (Å²) in [5.74, 6) is -0.0778. The SMILES string of the molecule is CCCCCCc1cc(-c2ccc(C)s2)ccc1OC(F)(F)F. The normalized spacial score (nSPS) is 11.7. The Kier molecular flexibility index (Phi) is 6.10. The van der Waals surface area contributed by atoms with Crippen LogP contribution >= 0.6 is 11.3 Å². The van der Waals surface area contributed by atoms with Gasteiger partial charge in [-0.3, -0.25) is 0 Å². The summed E-state index contributed by atoms with van der Waals surface area (Å²) in [6.45, 7) is 4.12. The van der Waals surface area contributed by atoms with Crippen LogP contribution in [0.3, 0.4) is 0 Å². The molecule has 0 bridgehead atoms. The predicted molar refractivity (Wildman–Crippen MR) is 89.0 cm³/mol. The minimum absolute atomic E-state index is 0.0778. The fraction of sp³-hybridized carbons (Fsp3) is 0.444. The number of benzene rings is 1. The fourth-order valence-corrected chi connectivity index (χ4v) is 3.35. The van der Waals surface area contributed by atoms with E-state index in [0.717, 1.165) is 36.1 Å². The standard InChI is InChI=1S/C18H21F3OS/c1-3-4-5-6-7-14-12-15(17-11-8-13(2)23-17)9-10-16(14)22-18(19,20)21/h8-12H,3-7H2,1-2H3. The van der Waals surface area contributed by atoms with Crippen molar-refractivity contribution < 1.29 is 17.9 Å². The smallest absolute Gasteiger partial charge is 0.406 e. The summed E-state index contributed by atoms with van der Waals surface area (Å²) in [7, 11) is 0. The van der Waals surface area contributed by atoms with Crippen molar-refractivity contribution in [2.45, 2.75) is 52.3 Å². The van der Waals surface area contributed by atoms with E-state index in [9.17, 15) is 13.2 Å². The molecular formula is C18H21F3OS. The first kappa shape index (κ1) is 17.9. The molecule has 2 rings (SSSR count). The number of alkyl halides is 3.